The summed E-state index contributed by atoms with van der Waals surface area (Å²) in [6, 6.07) is 33.6. The van der Waals surface area contributed by atoms with Crippen LogP contribution in [-0.4, -0.2) is 190 Å². The smallest absolute Gasteiger partial charge is 0.250 e. The molecule has 8 rings (SSSR count). The Hall–Kier alpha value is -8.44. The number of rotatable bonds is 19. The van der Waals surface area contributed by atoms with Crippen LogP contribution >= 0.6 is 97.7 Å². The molecule has 4 aromatic carbocycles. The van der Waals surface area contributed by atoms with Crippen LogP contribution in [0.15, 0.2) is 109 Å². The molecule has 0 spiro atoms. The van der Waals surface area contributed by atoms with E-state index >= 15 is 0 Å². The minimum atomic E-state index is -0.940. The predicted molar refractivity (Wildman–Crippen MR) is 434 cm³/mol. The summed E-state index contributed by atoms with van der Waals surface area (Å²) in [5.74, 6) is -3.03. The van der Waals surface area contributed by atoms with Crippen LogP contribution in [0.5, 0.6) is 5.75 Å². The normalized spacial score (nSPS) is 13.5. The second-order valence-electron chi connectivity index (χ2n) is 25.7. The molecular formula is C71H94N16O9S8. The minimum Gasteiger partial charge on any atom is -0.496 e. The van der Waals surface area contributed by atoms with E-state index in [-0.39, 0.29) is 41.9 Å². The number of hydrogen-bond acceptors (Lipinski definition) is 17. The summed E-state index contributed by atoms with van der Waals surface area (Å²) in [7, 11) is 11.6. The van der Waals surface area contributed by atoms with Gasteiger partial charge in [0.1, 0.15) is 60.9 Å². The average Bonchev–Trinajstić information content (AvgIpc) is 1.60. The molecule has 560 valence electrons. The first kappa shape index (κ1) is 86.2. The molecule has 0 bridgehead atoms. The van der Waals surface area contributed by atoms with Crippen molar-refractivity contribution in [3.05, 3.63) is 137 Å². The number of amides is 8. The molecule has 4 aliphatic rings. The van der Waals surface area contributed by atoms with Crippen molar-refractivity contribution in [2.24, 2.45) is 28.6 Å². The lowest BCUT2D eigenvalue weighted by molar-refractivity contribution is -0.139. The first-order chi connectivity index (χ1) is 49.1. The number of methoxy groups -OCH3 is 1. The van der Waals surface area contributed by atoms with Gasteiger partial charge in [0.2, 0.25) is 35.4 Å². The van der Waals surface area contributed by atoms with Gasteiger partial charge in [0.15, 0.2) is 0 Å². The molecule has 4 aromatic rings. The Balaban J connectivity index is 0.000000252. The number of nitrogens with one attached hydrogen (secondary N) is 8. The highest BCUT2D eigenvalue weighted by molar-refractivity contribution is 7.82. The summed E-state index contributed by atoms with van der Waals surface area (Å²) in [6.45, 7) is 12.3. The van der Waals surface area contributed by atoms with Crippen molar-refractivity contribution in [2.75, 3.05) is 62.5 Å². The average molecular weight is 1570 g/mol. The van der Waals surface area contributed by atoms with Crippen LogP contribution in [0.1, 0.15) is 133 Å². The molecule has 0 atom stereocenters. The van der Waals surface area contributed by atoms with Crippen LogP contribution in [0.2, 0.25) is 0 Å². The van der Waals surface area contributed by atoms with Crippen molar-refractivity contribution in [1.29, 1.82) is 0 Å². The van der Waals surface area contributed by atoms with Gasteiger partial charge < -0.3 is 4.74 Å². The second-order valence-corrected chi connectivity index (χ2v) is 28.9. The van der Waals surface area contributed by atoms with Crippen LogP contribution in [0.3, 0.4) is 0 Å². The number of hydrazine groups is 8. The summed E-state index contributed by atoms with van der Waals surface area (Å²) >= 11 is 42.9. The molecule has 0 heterocycles. The standard InChI is InChI=1S/C22H26N4O2S2.C21H24N4O3S2.C15H24N4O2S2.C13H20N4O2S2/c1-4-25(21(29)17-12-8-6-9-13-17)23-19(27)16(3)20(28)24-26(5-2)22(30)18-14-10-7-11-15-18;1-14-10-11-17(28-4)16(12-14)21(30)25(3)23-19(27)13-18(26)22-24(2)20(29)15-8-6-5-7-9-15;1-14(5-6-14)12(22)18(3)16-10(20)9-11(21)17-19(4)13(23)15(2)7-8-15;1-16(12(20)8-3-4-8)14-10(18)7-11(19)15-17(2)13(21)9-5-6-9/h6-16H,4-5H2,1-3H3,(H,23,27)(H,24,28);5-12H,13H2,1-4H3,(H,22,26)(H,23,27);5-9H2,1-4H3,(H,16,20)(H,17,21);8-9H,3-7H2,1-2H3,(H,14,18)(H,15,19). The van der Waals surface area contributed by atoms with Gasteiger partial charge in [-0.25, -0.2) is 0 Å². The lowest BCUT2D eigenvalue weighted by Crippen LogP contribution is -2.53. The molecular weight excluding hydrogens is 1480 g/mol. The first-order valence-electron chi connectivity index (χ1n) is 33.6. The van der Waals surface area contributed by atoms with E-state index in [4.69, 9.17) is 102 Å². The molecule has 4 aliphatic carbocycles. The quantitative estimate of drug-likeness (QED) is 0.0253. The number of nitrogens with zero attached hydrogens (tertiary/aromatic N) is 8. The molecule has 8 N–H and O–H groups in total. The lowest BCUT2D eigenvalue weighted by atomic mass is 10.1. The SMILES string of the molecule is CCN(NC(=O)C(C)C(=O)NN(CC)C(=S)c1ccccc1)C(=S)c1ccccc1.CN(NC(=O)CC(=O)NN(C)C(=S)C1(C)CC1)C(=S)C1(C)CC1.CN(NC(=O)CC(=O)NN(C)C(=S)C1CC1)C(=S)C1CC1.COc1ccc(C)cc1C(=S)N(C)NC(=O)CC(=O)NN(C)C(=S)c1ccccc1. The zero-order valence-electron chi connectivity index (χ0n) is 60.8. The molecule has 104 heavy (non-hydrogen) atoms. The summed E-state index contributed by atoms with van der Waals surface area (Å²) in [4.78, 5) is 102. The Morgan fingerprint density at radius 1 is 0.433 bits per heavy atom. The van der Waals surface area contributed by atoms with Crippen molar-refractivity contribution >= 4 is 185 Å². The molecule has 25 nitrogen and oxygen atoms in total. The Morgan fingerprint density at radius 2 is 0.731 bits per heavy atom. The zero-order valence-corrected chi connectivity index (χ0v) is 67.4. The second kappa shape index (κ2) is 40.7. The van der Waals surface area contributed by atoms with Crippen molar-refractivity contribution in [1.82, 2.24) is 83.5 Å². The van der Waals surface area contributed by atoms with Crippen LogP contribution in [0.4, 0.5) is 0 Å². The molecule has 4 saturated carbocycles. The van der Waals surface area contributed by atoms with Gasteiger partial charge in [-0.3, -0.25) is 122 Å². The molecule has 33 heteroatoms. The topological polar surface area (TPSA) is 268 Å². The van der Waals surface area contributed by atoms with Crippen LogP contribution in [0, 0.1) is 35.5 Å². The Bertz CT molecular complexity index is 3660. The van der Waals surface area contributed by atoms with Crippen LogP contribution < -0.4 is 48.1 Å². The largest absolute Gasteiger partial charge is 0.496 e. The number of benzene rings is 4. The van der Waals surface area contributed by atoms with E-state index in [1.165, 1.54) is 30.1 Å². The van der Waals surface area contributed by atoms with E-state index in [9.17, 15) is 38.4 Å². The van der Waals surface area contributed by atoms with Crippen molar-refractivity contribution in [3.8, 4) is 5.75 Å². The summed E-state index contributed by atoms with van der Waals surface area (Å²) < 4.78 is 5.34. The van der Waals surface area contributed by atoms with Crippen molar-refractivity contribution in [2.45, 2.75) is 112 Å². The number of thiocarbonyl (C=S) groups is 8. The van der Waals surface area contributed by atoms with Gasteiger partial charge in [-0.1, -0.05) is 214 Å². The maximum atomic E-state index is 12.7. The van der Waals surface area contributed by atoms with E-state index in [0.29, 0.717) is 66.2 Å². The number of aryl methyl sites for hydroxylation is 1. The van der Waals surface area contributed by atoms with Crippen molar-refractivity contribution < 1.29 is 43.1 Å². The highest BCUT2D eigenvalue weighted by Gasteiger charge is 2.45. The third-order valence-corrected chi connectivity index (χ3v) is 21.2. The number of hydrogen-bond donors (Lipinski definition) is 8. The summed E-state index contributed by atoms with van der Waals surface area (Å²) in [5, 5.41) is 12.1. The highest BCUT2D eigenvalue weighted by Crippen LogP contribution is 2.47. The van der Waals surface area contributed by atoms with Gasteiger partial charge in [0.05, 0.1) is 22.7 Å². The fraction of sp³-hybridized carbons (Fsp3) is 0.437. The van der Waals surface area contributed by atoms with Gasteiger partial charge in [-0.15, -0.1) is 0 Å². The molecule has 0 unspecified atom stereocenters. The van der Waals surface area contributed by atoms with E-state index < -0.39 is 41.4 Å². The Labute approximate surface area is 652 Å². The highest BCUT2D eigenvalue weighted by atomic mass is 32.1. The van der Waals surface area contributed by atoms with Gasteiger partial charge in [-0.2, -0.15) is 0 Å². The zero-order chi connectivity index (χ0) is 77.3. The Kier molecular flexibility index (Phi) is 33.8. The fourth-order valence-electron chi connectivity index (χ4n) is 9.47. The molecule has 0 aromatic heterocycles. The molecule has 0 radical (unpaired) electrons. The molecule has 0 aliphatic heterocycles. The van der Waals surface area contributed by atoms with Crippen LogP contribution in [-0.2, 0) is 38.4 Å². The van der Waals surface area contributed by atoms with Crippen LogP contribution in [0.25, 0.3) is 0 Å². The molecule has 0 saturated heterocycles. The van der Waals surface area contributed by atoms with Gasteiger partial charge in [0.25, 0.3) is 11.8 Å². The minimum absolute atomic E-state index is 0.00569. The van der Waals surface area contributed by atoms with E-state index in [1.807, 2.05) is 130 Å². The van der Waals surface area contributed by atoms with E-state index in [1.54, 1.807) is 66.3 Å². The molecule has 8 amide bonds. The van der Waals surface area contributed by atoms with Gasteiger partial charge in [0, 0.05) is 94.7 Å². The van der Waals surface area contributed by atoms with Crippen molar-refractivity contribution in [3.63, 3.8) is 0 Å². The number of carbonyl (C=O) groups is 8. The van der Waals surface area contributed by atoms with E-state index in [2.05, 4.69) is 57.3 Å². The van der Waals surface area contributed by atoms with Gasteiger partial charge >= 0.3 is 0 Å². The number of carbonyl (C=O) groups excluding carboxylic acids is 8. The first-order valence-corrected chi connectivity index (χ1v) is 36.8. The monoisotopic (exact) mass is 1570 g/mol. The maximum Gasteiger partial charge on any atom is 0.250 e. The number of ether oxygens (including phenoxy) is 1. The summed E-state index contributed by atoms with van der Waals surface area (Å²) in [6.07, 6.45) is 7.52. The summed E-state index contributed by atoms with van der Waals surface area (Å²) in [5.41, 5.74) is 25.3. The maximum absolute atomic E-state index is 12.7. The third kappa shape index (κ3) is 27.6. The fourth-order valence-corrected chi connectivity index (χ4v) is 11.5. The van der Waals surface area contributed by atoms with E-state index in [0.717, 1.165) is 83.6 Å². The Morgan fingerprint density at radius 3 is 1.03 bits per heavy atom. The predicted octanol–water partition coefficient (Wildman–Crippen LogP) is 7.79. The molecule has 4 fully saturated rings. The lowest BCUT2D eigenvalue weighted by Gasteiger charge is -2.28. The van der Waals surface area contributed by atoms with Gasteiger partial charge in [-0.05, 0) is 91.2 Å². The third-order valence-electron chi connectivity index (χ3n) is 16.5.